The minimum atomic E-state index is -1.07. The molecule has 2 aromatic carbocycles. The Labute approximate surface area is 163 Å². The summed E-state index contributed by atoms with van der Waals surface area (Å²) in [5.74, 6) is -0.123. The fraction of sp³-hybridized carbons (Fsp3) is 0.238. The lowest BCUT2D eigenvalue weighted by Gasteiger charge is -2.25. The van der Waals surface area contributed by atoms with E-state index in [9.17, 15) is 9.59 Å². The Morgan fingerprint density at radius 2 is 1.70 bits per heavy atom. The van der Waals surface area contributed by atoms with Crippen LogP contribution in [0.3, 0.4) is 0 Å². The number of amides is 1. The Morgan fingerprint density at radius 3 is 2.30 bits per heavy atom. The maximum absolute atomic E-state index is 12.5. The molecule has 0 fully saturated rings. The molecule has 1 amide bonds. The first kappa shape index (κ1) is 20.5. The van der Waals surface area contributed by atoms with Crippen LogP contribution in [0.15, 0.2) is 54.6 Å². The molecule has 6 heteroatoms. The Morgan fingerprint density at radius 1 is 1.07 bits per heavy atom. The summed E-state index contributed by atoms with van der Waals surface area (Å²) in [7, 11) is 0. The van der Waals surface area contributed by atoms with Gasteiger partial charge in [-0.25, -0.2) is 4.79 Å². The number of rotatable bonds is 7. The van der Waals surface area contributed by atoms with Crippen LogP contribution in [-0.2, 0) is 14.3 Å². The molecule has 0 spiro atoms. The van der Waals surface area contributed by atoms with Crippen LogP contribution in [0.25, 0.3) is 6.08 Å². The molecule has 2 rings (SSSR count). The number of hydrogen-bond acceptors (Lipinski definition) is 4. The Hall–Kier alpha value is -2.79. The normalized spacial score (nSPS) is 11.3. The summed E-state index contributed by atoms with van der Waals surface area (Å²) in [5.41, 5.74) is 0.370. The molecule has 27 heavy (non-hydrogen) atoms. The zero-order chi connectivity index (χ0) is 19.9. The highest BCUT2D eigenvalue weighted by Gasteiger charge is 2.30. The van der Waals surface area contributed by atoms with Crippen molar-refractivity contribution in [2.45, 2.75) is 26.4 Å². The molecule has 0 aliphatic rings. The molecule has 0 aromatic heterocycles. The third-order valence-corrected chi connectivity index (χ3v) is 3.85. The summed E-state index contributed by atoms with van der Waals surface area (Å²) in [6, 6.07) is 13.9. The number of carbonyl (C=O) groups is 2. The highest BCUT2D eigenvalue weighted by atomic mass is 35.5. The van der Waals surface area contributed by atoms with Crippen LogP contribution in [0.4, 0.5) is 5.69 Å². The van der Waals surface area contributed by atoms with Gasteiger partial charge in [0.2, 0.25) is 0 Å². The molecule has 142 valence electrons. The maximum Gasteiger partial charge on any atom is 0.330 e. The highest BCUT2D eigenvalue weighted by Crippen LogP contribution is 2.22. The van der Waals surface area contributed by atoms with Gasteiger partial charge in [0.05, 0.1) is 6.61 Å². The summed E-state index contributed by atoms with van der Waals surface area (Å²) in [4.78, 5) is 23.9. The molecule has 0 saturated carbocycles. The van der Waals surface area contributed by atoms with Crippen molar-refractivity contribution in [1.82, 2.24) is 0 Å². The van der Waals surface area contributed by atoms with Crippen LogP contribution >= 0.6 is 11.6 Å². The van der Waals surface area contributed by atoms with Gasteiger partial charge in [-0.15, -0.1) is 0 Å². The molecule has 0 bridgehead atoms. The smallest absolute Gasteiger partial charge is 0.330 e. The monoisotopic (exact) mass is 387 g/mol. The molecule has 2 aromatic rings. The number of nitrogens with one attached hydrogen (secondary N) is 1. The predicted molar refractivity (Wildman–Crippen MR) is 107 cm³/mol. The molecule has 0 atom stereocenters. The number of esters is 1. The standard InChI is InChI=1S/C21H22ClNO4/c1-4-26-19(24)14-7-15-5-10-17(11-6-15)23-20(25)21(2,3)27-18-12-8-16(22)9-13-18/h5-14H,4H2,1-3H3,(H,23,25)/b14-7+. The lowest BCUT2D eigenvalue weighted by Crippen LogP contribution is -2.42. The van der Waals surface area contributed by atoms with Crippen LogP contribution in [0.5, 0.6) is 5.75 Å². The number of anilines is 1. The van der Waals surface area contributed by atoms with E-state index >= 15 is 0 Å². The van der Waals surface area contributed by atoms with Gasteiger partial charge in [-0.3, -0.25) is 4.79 Å². The number of ether oxygens (including phenoxy) is 2. The first-order chi connectivity index (χ1) is 12.8. The number of halogens is 1. The van der Waals surface area contributed by atoms with E-state index < -0.39 is 11.6 Å². The van der Waals surface area contributed by atoms with E-state index in [1.165, 1.54) is 6.08 Å². The molecule has 5 nitrogen and oxygen atoms in total. The maximum atomic E-state index is 12.5. The van der Waals surface area contributed by atoms with Gasteiger partial charge >= 0.3 is 5.97 Å². The van der Waals surface area contributed by atoms with Crippen molar-refractivity contribution in [2.75, 3.05) is 11.9 Å². The zero-order valence-electron chi connectivity index (χ0n) is 15.5. The van der Waals surface area contributed by atoms with Crippen LogP contribution in [0.2, 0.25) is 5.02 Å². The average molecular weight is 388 g/mol. The Kier molecular flexibility index (Phi) is 7.02. The van der Waals surface area contributed by atoms with Crippen molar-refractivity contribution in [3.63, 3.8) is 0 Å². The van der Waals surface area contributed by atoms with E-state index in [4.69, 9.17) is 21.1 Å². The van der Waals surface area contributed by atoms with Crippen molar-refractivity contribution >= 4 is 35.2 Å². The molecule has 0 saturated heterocycles. The zero-order valence-corrected chi connectivity index (χ0v) is 16.2. The van der Waals surface area contributed by atoms with Gasteiger partial charge < -0.3 is 14.8 Å². The summed E-state index contributed by atoms with van der Waals surface area (Å²) in [5, 5.41) is 3.42. The van der Waals surface area contributed by atoms with Crippen molar-refractivity contribution in [3.05, 3.63) is 65.2 Å². The summed E-state index contributed by atoms with van der Waals surface area (Å²) >= 11 is 5.86. The van der Waals surface area contributed by atoms with Crippen LogP contribution in [0.1, 0.15) is 26.3 Å². The minimum Gasteiger partial charge on any atom is -0.478 e. The SMILES string of the molecule is CCOC(=O)/C=C/c1ccc(NC(=O)C(C)(C)Oc2ccc(Cl)cc2)cc1. The van der Waals surface area contributed by atoms with E-state index in [1.807, 2.05) is 0 Å². The topological polar surface area (TPSA) is 64.6 Å². The van der Waals surface area contributed by atoms with E-state index in [0.717, 1.165) is 5.56 Å². The minimum absolute atomic E-state index is 0.285. The van der Waals surface area contributed by atoms with Crippen molar-refractivity contribution < 1.29 is 19.1 Å². The van der Waals surface area contributed by atoms with Gasteiger partial charge in [-0.05, 0) is 68.8 Å². The van der Waals surface area contributed by atoms with Crippen molar-refractivity contribution in [1.29, 1.82) is 0 Å². The second kappa shape index (κ2) is 9.24. The largest absolute Gasteiger partial charge is 0.478 e. The molecule has 0 aliphatic heterocycles. The number of benzene rings is 2. The summed E-state index contributed by atoms with van der Waals surface area (Å²) in [6.07, 6.45) is 3.01. The van der Waals surface area contributed by atoms with Crippen molar-refractivity contribution in [2.24, 2.45) is 0 Å². The van der Waals surface area contributed by atoms with Crippen LogP contribution < -0.4 is 10.1 Å². The van der Waals surface area contributed by atoms with Gasteiger partial charge in [-0.2, -0.15) is 0 Å². The van der Waals surface area contributed by atoms with Gasteiger partial charge in [-0.1, -0.05) is 23.7 Å². The fourth-order valence-electron chi connectivity index (χ4n) is 2.16. The van der Waals surface area contributed by atoms with E-state index in [-0.39, 0.29) is 5.91 Å². The lowest BCUT2D eigenvalue weighted by atomic mass is 10.1. The van der Waals surface area contributed by atoms with Gasteiger partial charge in [0, 0.05) is 16.8 Å². The van der Waals surface area contributed by atoms with E-state index in [0.29, 0.717) is 23.1 Å². The molecular weight excluding hydrogens is 366 g/mol. The first-order valence-electron chi connectivity index (χ1n) is 8.51. The molecule has 0 unspecified atom stereocenters. The third-order valence-electron chi connectivity index (χ3n) is 3.60. The molecule has 0 aliphatic carbocycles. The first-order valence-corrected chi connectivity index (χ1v) is 8.89. The van der Waals surface area contributed by atoms with E-state index in [2.05, 4.69) is 5.32 Å². The second-order valence-corrected chi connectivity index (χ2v) is 6.66. The van der Waals surface area contributed by atoms with Gasteiger partial charge in [0.25, 0.3) is 5.91 Å². The predicted octanol–water partition coefficient (Wildman–Crippen LogP) is 4.71. The summed E-state index contributed by atoms with van der Waals surface area (Å²) < 4.78 is 10.6. The third kappa shape index (κ3) is 6.46. The lowest BCUT2D eigenvalue weighted by molar-refractivity contribution is -0.137. The fourth-order valence-corrected chi connectivity index (χ4v) is 2.28. The van der Waals surface area contributed by atoms with Crippen molar-refractivity contribution in [3.8, 4) is 5.75 Å². The van der Waals surface area contributed by atoms with Gasteiger partial charge in [0.1, 0.15) is 5.75 Å². The van der Waals surface area contributed by atoms with Crippen LogP contribution in [0, 0.1) is 0 Å². The quantitative estimate of drug-likeness (QED) is 0.551. The average Bonchev–Trinajstić information content (AvgIpc) is 2.63. The van der Waals surface area contributed by atoms with E-state index in [1.54, 1.807) is 75.4 Å². The Bertz CT molecular complexity index is 811. The number of hydrogen-bond donors (Lipinski definition) is 1. The molecule has 0 radical (unpaired) electrons. The molecule has 1 N–H and O–H groups in total. The molecule has 0 heterocycles. The molecular formula is C21H22ClNO4. The number of carbonyl (C=O) groups excluding carboxylic acids is 2. The van der Waals surface area contributed by atoms with Crippen LogP contribution in [-0.4, -0.2) is 24.1 Å². The summed E-state index contributed by atoms with van der Waals surface area (Å²) in [6.45, 7) is 5.46. The highest BCUT2D eigenvalue weighted by molar-refractivity contribution is 6.30. The van der Waals surface area contributed by atoms with Gasteiger partial charge in [0.15, 0.2) is 5.60 Å². The Balaban J connectivity index is 1.97. The second-order valence-electron chi connectivity index (χ2n) is 6.23.